The van der Waals surface area contributed by atoms with Gasteiger partial charge in [0.1, 0.15) is 11.6 Å². The molecule has 0 fully saturated rings. The third-order valence-electron chi connectivity index (χ3n) is 3.14. The molecule has 0 saturated heterocycles. The average molecular weight is 352 g/mol. The van der Waals surface area contributed by atoms with Crippen molar-refractivity contribution < 1.29 is 13.9 Å². The van der Waals surface area contributed by atoms with Gasteiger partial charge in [-0.1, -0.05) is 12.1 Å². The van der Waals surface area contributed by atoms with Crippen LogP contribution in [-0.4, -0.2) is 13.0 Å². The van der Waals surface area contributed by atoms with Crippen LogP contribution in [-0.2, 0) is 0 Å². The van der Waals surface area contributed by atoms with Crippen LogP contribution in [0.4, 0.5) is 4.39 Å². The molecule has 5 heteroatoms. The summed E-state index contributed by atoms with van der Waals surface area (Å²) in [6, 6.07) is 11.0. The zero-order valence-electron chi connectivity index (χ0n) is 11.7. The first-order valence-corrected chi connectivity index (χ1v) is 7.20. The minimum atomic E-state index is -0.298. The zero-order chi connectivity index (χ0) is 15.4. The van der Waals surface area contributed by atoms with Crippen molar-refractivity contribution in [2.45, 2.75) is 13.0 Å². The van der Waals surface area contributed by atoms with Crippen molar-refractivity contribution in [3.8, 4) is 5.75 Å². The van der Waals surface area contributed by atoms with Gasteiger partial charge in [-0.05, 0) is 58.7 Å². The van der Waals surface area contributed by atoms with Gasteiger partial charge in [-0.2, -0.15) is 0 Å². The third-order valence-corrected chi connectivity index (χ3v) is 3.83. The van der Waals surface area contributed by atoms with Crippen LogP contribution in [0.15, 0.2) is 46.9 Å². The molecule has 2 aromatic carbocycles. The molecule has 1 N–H and O–H groups in total. The van der Waals surface area contributed by atoms with E-state index in [9.17, 15) is 9.18 Å². The van der Waals surface area contributed by atoms with E-state index in [0.717, 1.165) is 5.56 Å². The molecule has 0 saturated carbocycles. The molecule has 1 atom stereocenters. The van der Waals surface area contributed by atoms with Crippen LogP contribution < -0.4 is 10.1 Å². The first-order chi connectivity index (χ1) is 10.0. The molecule has 0 heterocycles. The largest absolute Gasteiger partial charge is 0.497 e. The number of rotatable bonds is 4. The highest BCUT2D eigenvalue weighted by molar-refractivity contribution is 9.10. The molecule has 1 amide bonds. The summed E-state index contributed by atoms with van der Waals surface area (Å²) < 4.78 is 18.7. The number of ether oxygens (including phenoxy) is 1. The predicted octanol–water partition coefficient (Wildman–Crippen LogP) is 4.09. The van der Waals surface area contributed by atoms with E-state index in [2.05, 4.69) is 21.2 Å². The summed E-state index contributed by atoms with van der Waals surface area (Å²) in [4.78, 5) is 12.3. The van der Waals surface area contributed by atoms with Gasteiger partial charge in [0, 0.05) is 4.47 Å². The maximum absolute atomic E-state index is 12.9. The number of methoxy groups -OCH3 is 1. The number of nitrogens with one attached hydrogen (secondary N) is 1. The minimum Gasteiger partial charge on any atom is -0.497 e. The number of amides is 1. The smallest absolute Gasteiger partial charge is 0.253 e. The van der Waals surface area contributed by atoms with Crippen molar-refractivity contribution in [3.63, 3.8) is 0 Å². The van der Waals surface area contributed by atoms with E-state index in [0.29, 0.717) is 15.8 Å². The van der Waals surface area contributed by atoms with E-state index in [1.54, 1.807) is 37.4 Å². The van der Waals surface area contributed by atoms with Gasteiger partial charge >= 0.3 is 0 Å². The Kier molecular flexibility index (Phi) is 4.96. The Hall–Kier alpha value is -1.88. The fraction of sp³-hybridized carbons (Fsp3) is 0.188. The quantitative estimate of drug-likeness (QED) is 0.900. The molecule has 110 valence electrons. The SMILES string of the molecule is COc1ccc(Br)c(C(=O)N[C@H](C)c2ccc(F)cc2)c1. The fourth-order valence-electron chi connectivity index (χ4n) is 1.91. The lowest BCUT2D eigenvalue weighted by Gasteiger charge is -2.15. The van der Waals surface area contributed by atoms with Crippen molar-refractivity contribution in [1.29, 1.82) is 0 Å². The van der Waals surface area contributed by atoms with Gasteiger partial charge in [0.25, 0.3) is 5.91 Å². The Morgan fingerprint density at radius 3 is 2.52 bits per heavy atom. The van der Waals surface area contributed by atoms with E-state index < -0.39 is 0 Å². The summed E-state index contributed by atoms with van der Waals surface area (Å²) in [6.45, 7) is 1.85. The summed E-state index contributed by atoms with van der Waals surface area (Å²) in [7, 11) is 1.55. The number of benzene rings is 2. The predicted molar refractivity (Wildman–Crippen MR) is 83.0 cm³/mol. The molecule has 0 aromatic heterocycles. The number of carbonyl (C=O) groups is 1. The Morgan fingerprint density at radius 2 is 1.90 bits per heavy atom. The maximum atomic E-state index is 12.9. The molecular weight excluding hydrogens is 337 g/mol. The minimum absolute atomic E-state index is 0.224. The summed E-state index contributed by atoms with van der Waals surface area (Å²) in [6.07, 6.45) is 0. The molecule has 0 bridgehead atoms. The van der Waals surface area contributed by atoms with Crippen molar-refractivity contribution in [3.05, 3.63) is 63.9 Å². The number of halogens is 2. The highest BCUT2D eigenvalue weighted by Gasteiger charge is 2.15. The zero-order valence-corrected chi connectivity index (χ0v) is 13.3. The number of hydrogen-bond acceptors (Lipinski definition) is 2. The molecule has 21 heavy (non-hydrogen) atoms. The third kappa shape index (κ3) is 3.82. The highest BCUT2D eigenvalue weighted by atomic mass is 79.9. The molecule has 0 aliphatic rings. The van der Waals surface area contributed by atoms with Crippen LogP contribution in [0.5, 0.6) is 5.75 Å². The average Bonchev–Trinajstić information content (AvgIpc) is 2.48. The van der Waals surface area contributed by atoms with Gasteiger partial charge in [-0.25, -0.2) is 4.39 Å². The molecule has 0 aliphatic carbocycles. The molecule has 2 aromatic rings. The monoisotopic (exact) mass is 351 g/mol. The highest BCUT2D eigenvalue weighted by Crippen LogP contribution is 2.23. The van der Waals surface area contributed by atoms with Crippen LogP contribution in [0.3, 0.4) is 0 Å². The summed E-state index contributed by atoms with van der Waals surface area (Å²) in [5.74, 6) is 0.0863. The Balaban J connectivity index is 2.15. The molecule has 3 nitrogen and oxygen atoms in total. The molecule has 0 radical (unpaired) electrons. The van der Waals surface area contributed by atoms with Crippen LogP contribution in [0.25, 0.3) is 0 Å². The van der Waals surface area contributed by atoms with Crippen LogP contribution in [0.1, 0.15) is 28.9 Å². The first-order valence-electron chi connectivity index (χ1n) is 6.41. The van der Waals surface area contributed by atoms with Crippen molar-refractivity contribution >= 4 is 21.8 Å². The second-order valence-corrected chi connectivity index (χ2v) is 5.45. The molecule has 0 aliphatic heterocycles. The van der Waals surface area contributed by atoms with Gasteiger partial charge in [-0.3, -0.25) is 4.79 Å². The Morgan fingerprint density at radius 1 is 1.24 bits per heavy atom. The van der Waals surface area contributed by atoms with Gasteiger partial charge in [0.2, 0.25) is 0 Å². The van der Waals surface area contributed by atoms with Crippen LogP contribution in [0, 0.1) is 5.82 Å². The van der Waals surface area contributed by atoms with E-state index in [4.69, 9.17) is 4.74 Å². The Labute approximate surface area is 131 Å². The Bertz CT molecular complexity index is 643. The lowest BCUT2D eigenvalue weighted by Crippen LogP contribution is -2.27. The molecule has 0 unspecified atom stereocenters. The van der Waals surface area contributed by atoms with Crippen molar-refractivity contribution in [2.75, 3.05) is 7.11 Å². The van der Waals surface area contributed by atoms with Crippen molar-refractivity contribution in [2.24, 2.45) is 0 Å². The first kappa shape index (κ1) is 15.5. The standard InChI is InChI=1S/C16H15BrFNO2/c1-10(11-3-5-12(18)6-4-11)19-16(20)14-9-13(21-2)7-8-15(14)17/h3-10H,1-2H3,(H,19,20)/t10-/m1/s1. The maximum Gasteiger partial charge on any atom is 0.253 e. The van der Waals surface area contributed by atoms with Gasteiger partial charge < -0.3 is 10.1 Å². The summed E-state index contributed by atoms with van der Waals surface area (Å²) in [5, 5.41) is 2.88. The van der Waals surface area contributed by atoms with Crippen LogP contribution in [0.2, 0.25) is 0 Å². The van der Waals surface area contributed by atoms with Crippen molar-refractivity contribution in [1.82, 2.24) is 5.32 Å². The van der Waals surface area contributed by atoms with Gasteiger partial charge in [0.05, 0.1) is 18.7 Å². The lowest BCUT2D eigenvalue weighted by atomic mass is 10.1. The molecule has 2 rings (SSSR count). The lowest BCUT2D eigenvalue weighted by molar-refractivity contribution is 0.0938. The normalized spacial score (nSPS) is 11.8. The number of carbonyl (C=O) groups excluding carboxylic acids is 1. The second-order valence-electron chi connectivity index (χ2n) is 4.59. The number of hydrogen-bond donors (Lipinski definition) is 1. The van der Waals surface area contributed by atoms with E-state index >= 15 is 0 Å². The van der Waals surface area contributed by atoms with E-state index in [-0.39, 0.29) is 17.8 Å². The van der Waals surface area contributed by atoms with E-state index in [1.165, 1.54) is 12.1 Å². The van der Waals surface area contributed by atoms with Crippen LogP contribution >= 0.6 is 15.9 Å². The molecular formula is C16H15BrFNO2. The van der Waals surface area contributed by atoms with E-state index in [1.807, 2.05) is 6.92 Å². The molecule has 0 spiro atoms. The van der Waals surface area contributed by atoms with Gasteiger partial charge in [0.15, 0.2) is 0 Å². The second kappa shape index (κ2) is 6.72. The van der Waals surface area contributed by atoms with Gasteiger partial charge in [-0.15, -0.1) is 0 Å². The fourth-order valence-corrected chi connectivity index (χ4v) is 2.34. The summed E-state index contributed by atoms with van der Waals surface area (Å²) >= 11 is 3.35. The topological polar surface area (TPSA) is 38.3 Å². The summed E-state index contributed by atoms with van der Waals surface area (Å²) in [5.41, 5.74) is 1.33.